The maximum atomic E-state index is 3.75. The van der Waals surface area contributed by atoms with Crippen LogP contribution < -0.4 is 5.32 Å². The molecule has 0 spiro atoms. The highest BCUT2D eigenvalue weighted by Crippen LogP contribution is 2.47. The summed E-state index contributed by atoms with van der Waals surface area (Å²) in [5, 5.41) is 3.51. The molecule has 1 saturated carbocycles. The second-order valence-corrected chi connectivity index (χ2v) is 4.07. The third-order valence-corrected chi connectivity index (χ3v) is 2.95. The van der Waals surface area contributed by atoms with Gasteiger partial charge in [0.1, 0.15) is 0 Å². The molecule has 1 fully saturated rings. The molecule has 0 bridgehead atoms. The standard InChI is InChI=1S/C10H19N/c1-5-8(2)11-9(3)10(4)6-7-10/h5,8-9,11H,1,6-7H2,2-4H3. The van der Waals surface area contributed by atoms with Crippen LogP contribution in [-0.4, -0.2) is 12.1 Å². The molecule has 1 aliphatic rings. The van der Waals surface area contributed by atoms with Gasteiger partial charge in [-0.25, -0.2) is 0 Å². The van der Waals surface area contributed by atoms with Crippen molar-refractivity contribution in [3.63, 3.8) is 0 Å². The quantitative estimate of drug-likeness (QED) is 0.611. The molecule has 0 heterocycles. The van der Waals surface area contributed by atoms with Gasteiger partial charge in [-0.05, 0) is 32.1 Å². The second-order valence-electron chi connectivity index (χ2n) is 4.07. The lowest BCUT2D eigenvalue weighted by atomic mass is 10.0. The zero-order valence-electron chi connectivity index (χ0n) is 7.85. The van der Waals surface area contributed by atoms with Gasteiger partial charge in [-0.1, -0.05) is 13.0 Å². The van der Waals surface area contributed by atoms with E-state index in [1.807, 2.05) is 6.08 Å². The Hall–Kier alpha value is -0.300. The molecule has 64 valence electrons. The molecule has 1 aliphatic carbocycles. The van der Waals surface area contributed by atoms with Crippen molar-refractivity contribution >= 4 is 0 Å². The molecule has 11 heavy (non-hydrogen) atoms. The Morgan fingerprint density at radius 3 is 2.36 bits per heavy atom. The Balaban J connectivity index is 2.31. The van der Waals surface area contributed by atoms with Gasteiger partial charge in [0.25, 0.3) is 0 Å². The van der Waals surface area contributed by atoms with E-state index in [9.17, 15) is 0 Å². The Morgan fingerprint density at radius 2 is 2.00 bits per heavy atom. The number of nitrogens with one attached hydrogen (secondary N) is 1. The van der Waals surface area contributed by atoms with Gasteiger partial charge in [0.2, 0.25) is 0 Å². The van der Waals surface area contributed by atoms with Crippen LogP contribution in [0.25, 0.3) is 0 Å². The summed E-state index contributed by atoms with van der Waals surface area (Å²) < 4.78 is 0. The van der Waals surface area contributed by atoms with E-state index in [0.29, 0.717) is 17.5 Å². The molecule has 1 rings (SSSR count). The molecule has 2 atom stereocenters. The monoisotopic (exact) mass is 153 g/mol. The van der Waals surface area contributed by atoms with E-state index in [-0.39, 0.29) is 0 Å². The summed E-state index contributed by atoms with van der Waals surface area (Å²) in [6.45, 7) is 10.5. The molecule has 1 nitrogen and oxygen atoms in total. The number of hydrogen-bond acceptors (Lipinski definition) is 1. The van der Waals surface area contributed by atoms with Crippen LogP contribution in [0.1, 0.15) is 33.6 Å². The van der Waals surface area contributed by atoms with E-state index in [2.05, 4.69) is 32.7 Å². The number of rotatable bonds is 4. The van der Waals surface area contributed by atoms with Crippen molar-refractivity contribution < 1.29 is 0 Å². The van der Waals surface area contributed by atoms with Crippen LogP contribution in [-0.2, 0) is 0 Å². The highest BCUT2D eigenvalue weighted by Gasteiger charge is 2.42. The molecule has 0 aromatic heterocycles. The van der Waals surface area contributed by atoms with Gasteiger partial charge in [0.15, 0.2) is 0 Å². The van der Waals surface area contributed by atoms with Crippen molar-refractivity contribution in [1.82, 2.24) is 5.32 Å². The van der Waals surface area contributed by atoms with Gasteiger partial charge in [-0.3, -0.25) is 0 Å². The average molecular weight is 153 g/mol. The smallest absolute Gasteiger partial charge is 0.0221 e. The molecule has 1 heteroatoms. The first kappa shape index (κ1) is 8.79. The van der Waals surface area contributed by atoms with E-state index in [1.54, 1.807) is 0 Å². The van der Waals surface area contributed by atoms with E-state index in [0.717, 1.165) is 0 Å². The molecule has 0 amide bonds. The minimum atomic E-state index is 0.447. The minimum Gasteiger partial charge on any atom is -0.308 e. The Bertz CT molecular complexity index is 147. The first-order valence-electron chi connectivity index (χ1n) is 4.47. The van der Waals surface area contributed by atoms with Crippen molar-refractivity contribution in [2.45, 2.75) is 45.7 Å². The first-order chi connectivity index (χ1) is 5.08. The van der Waals surface area contributed by atoms with Crippen LogP contribution in [0, 0.1) is 5.41 Å². The summed E-state index contributed by atoms with van der Waals surface area (Å²) in [7, 11) is 0. The van der Waals surface area contributed by atoms with Crippen molar-refractivity contribution in [1.29, 1.82) is 0 Å². The van der Waals surface area contributed by atoms with Crippen molar-refractivity contribution in [2.24, 2.45) is 5.41 Å². The number of hydrogen-bond donors (Lipinski definition) is 1. The molecule has 2 unspecified atom stereocenters. The van der Waals surface area contributed by atoms with Crippen LogP contribution >= 0.6 is 0 Å². The lowest BCUT2D eigenvalue weighted by Gasteiger charge is -2.23. The topological polar surface area (TPSA) is 12.0 Å². The van der Waals surface area contributed by atoms with Crippen molar-refractivity contribution in [2.75, 3.05) is 0 Å². The maximum absolute atomic E-state index is 3.75. The lowest BCUT2D eigenvalue weighted by Crippen LogP contribution is -2.38. The van der Waals surface area contributed by atoms with E-state index >= 15 is 0 Å². The predicted octanol–water partition coefficient (Wildman–Crippen LogP) is 2.34. The fourth-order valence-electron chi connectivity index (χ4n) is 1.29. The zero-order chi connectivity index (χ0) is 8.48. The van der Waals surface area contributed by atoms with E-state index in [1.165, 1.54) is 12.8 Å². The third-order valence-electron chi connectivity index (χ3n) is 2.95. The van der Waals surface area contributed by atoms with Crippen LogP contribution in [0.4, 0.5) is 0 Å². The molecule has 0 aromatic rings. The second kappa shape index (κ2) is 2.98. The molecule has 1 N–H and O–H groups in total. The summed E-state index contributed by atoms with van der Waals surface area (Å²) in [5.74, 6) is 0. The third kappa shape index (κ3) is 2.06. The Kier molecular flexibility index (Phi) is 2.38. The minimum absolute atomic E-state index is 0.447. The Morgan fingerprint density at radius 1 is 1.45 bits per heavy atom. The first-order valence-corrected chi connectivity index (χ1v) is 4.47. The highest BCUT2D eigenvalue weighted by atomic mass is 15.0. The van der Waals surface area contributed by atoms with Gasteiger partial charge in [-0.2, -0.15) is 0 Å². The van der Waals surface area contributed by atoms with Gasteiger partial charge in [0.05, 0.1) is 0 Å². The van der Waals surface area contributed by atoms with Crippen molar-refractivity contribution in [3.8, 4) is 0 Å². The van der Waals surface area contributed by atoms with Gasteiger partial charge < -0.3 is 5.32 Å². The summed E-state index contributed by atoms with van der Waals surface area (Å²) in [6, 6.07) is 1.08. The van der Waals surface area contributed by atoms with Gasteiger partial charge in [-0.15, -0.1) is 6.58 Å². The normalized spacial score (nSPS) is 25.7. The summed E-state index contributed by atoms with van der Waals surface area (Å²) in [6.07, 6.45) is 4.72. The summed E-state index contributed by atoms with van der Waals surface area (Å²) in [4.78, 5) is 0. The molecule has 0 saturated heterocycles. The van der Waals surface area contributed by atoms with Crippen LogP contribution in [0.3, 0.4) is 0 Å². The molecular weight excluding hydrogens is 134 g/mol. The van der Waals surface area contributed by atoms with E-state index in [4.69, 9.17) is 0 Å². The van der Waals surface area contributed by atoms with Crippen LogP contribution in [0.15, 0.2) is 12.7 Å². The molecular formula is C10H19N. The summed E-state index contributed by atoms with van der Waals surface area (Å²) in [5.41, 5.74) is 0.581. The lowest BCUT2D eigenvalue weighted by molar-refractivity contribution is 0.367. The van der Waals surface area contributed by atoms with Crippen LogP contribution in [0.2, 0.25) is 0 Å². The predicted molar refractivity (Wildman–Crippen MR) is 49.6 cm³/mol. The zero-order valence-corrected chi connectivity index (χ0v) is 7.85. The SMILES string of the molecule is C=CC(C)NC(C)C1(C)CC1. The Labute approximate surface area is 69.9 Å². The molecule has 0 aliphatic heterocycles. The van der Waals surface area contributed by atoms with E-state index < -0.39 is 0 Å². The largest absolute Gasteiger partial charge is 0.308 e. The molecule has 0 aromatic carbocycles. The van der Waals surface area contributed by atoms with Gasteiger partial charge in [0, 0.05) is 12.1 Å². The maximum Gasteiger partial charge on any atom is 0.0221 e. The molecule has 0 radical (unpaired) electrons. The van der Waals surface area contributed by atoms with Crippen LogP contribution in [0.5, 0.6) is 0 Å². The average Bonchev–Trinajstić information content (AvgIpc) is 2.69. The summed E-state index contributed by atoms with van der Waals surface area (Å²) >= 11 is 0. The van der Waals surface area contributed by atoms with Gasteiger partial charge >= 0.3 is 0 Å². The highest BCUT2D eigenvalue weighted by molar-refractivity contribution is 4.98. The van der Waals surface area contributed by atoms with Crippen molar-refractivity contribution in [3.05, 3.63) is 12.7 Å². The fraction of sp³-hybridized carbons (Fsp3) is 0.800. The fourth-order valence-corrected chi connectivity index (χ4v) is 1.29.